The fourth-order valence-corrected chi connectivity index (χ4v) is 10.6. The van der Waals surface area contributed by atoms with Crippen LogP contribution < -0.4 is 4.74 Å². The van der Waals surface area contributed by atoms with Crippen LogP contribution >= 0.6 is 0 Å². The number of benzene rings is 8. The Labute approximate surface area is 376 Å². The molecule has 0 saturated carbocycles. The molecule has 8 aromatic carbocycles. The van der Waals surface area contributed by atoms with Crippen molar-refractivity contribution in [2.45, 2.75) is 5.41 Å². The lowest BCUT2D eigenvalue weighted by Crippen LogP contribution is -2.32. The third-order valence-electron chi connectivity index (χ3n) is 13.4. The molecule has 0 saturated heterocycles. The van der Waals surface area contributed by atoms with Crippen LogP contribution in [0.2, 0.25) is 0 Å². The molecule has 0 fully saturated rings. The van der Waals surface area contributed by atoms with Crippen molar-refractivity contribution in [1.82, 2.24) is 14.5 Å². The van der Waals surface area contributed by atoms with E-state index in [0.29, 0.717) is 5.69 Å². The van der Waals surface area contributed by atoms with Gasteiger partial charge in [0.25, 0.3) is 0 Å². The summed E-state index contributed by atoms with van der Waals surface area (Å²) in [5.74, 6) is 1.67. The normalized spacial score (nSPS) is 12.8. The molecule has 0 bridgehead atoms. The summed E-state index contributed by atoms with van der Waals surface area (Å²) in [5.41, 5.74) is 18.9. The molecule has 0 radical (unpaired) electrons. The van der Waals surface area contributed by atoms with E-state index in [1.807, 2.05) is 55.1 Å². The van der Waals surface area contributed by atoms with Gasteiger partial charge in [0.2, 0.25) is 0 Å². The Morgan fingerprint density at radius 1 is 0.415 bits per heavy atom. The van der Waals surface area contributed by atoms with Crippen molar-refractivity contribution in [3.63, 3.8) is 0 Å². The summed E-state index contributed by atoms with van der Waals surface area (Å²) < 4.78 is 9.32. The van der Waals surface area contributed by atoms with E-state index in [-0.39, 0.29) is 0 Å². The number of pyridine rings is 2. The number of fused-ring (bicyclic) bond motifs is 12. The van der Waals surface area contributed by atoms with Crippen LogP contribution in [0, 0.1) is 6.57 Å². The van der Waals surface area contributed by atoms with Gasteiger partial charge in [-0.15, -0.1) is 0 Å². The molecule has 0 N–H and O–H groups in total. The van der Waals surface area contributed by atoms with Gasteiger partial charge in [-0.1, -0.05) is 103 Å². The van der Waals surface area contributed by atoms with E-state index in [0.717, 1.165) is 94.6 Å². The lowest BCUT2D eigenvalue weighted by Gasteiger charge is -2.40. The largest absolute Gasteiger partial charge is 0.457 e. The molecule has 1 aliphatic heterocycles. The predicted molar refractivity (Wildman–Crippen MR) is 262 cm³/mol. The minimum absolute atomic E-state index is 0.622. The van der Waals surface area contributed by atoms with E-state index in [9.17, 15) is 0 Å². The molecule has 1 aliphatic carbocycles. The van der Waals surface area contributed by atoms with Crippen molar-refractivity contribution in [1.29, 1.82) is 0 Å². The number of rotatable bonds is 5. The van der Waals surface area contributed by atoms with E-state index < -0.39 is 5.41 Å². The number of ether oxygens (including phenoxy) is 1. The quantitative estimate of drug-likeness (QED) is 0.162. The van der Waals surface area contributed by atoms with E-state index in [2.05, 4.69) is 183 Å². The lowest BCUT2D eigenvalue weighted by molar-refractivity contribution is 0.436. The topological polar surface area (TPSA) is 44.3 Å². The predicted octanol–water partition coefficient (Wildman–Crippen LogP) is 15.3. The second-order valence-electron chi connectivity index (χ2n) is 16.9. The van der Waals surface area contributed by atoms with Gasteiger partial charge in [0.05, 0.1) is 23.0 Å². The minimum Gasteiger partial charge on any atom is -0.457 e. The average molecular weight is 829 g/mol. The first-order valence-electron chi connectivity index (χ1n) is 21.8. The van der Waals surface area contributed by atoms with Gasteiger partial charge >= 0.3 is 0 Å². The summed E-state index contributed by atoms with van der Waals surface area (Å²) in [5, 5.41) is 2.15. The molecule has 2 aliphatic rings. The van der Waals surface area contributed by atoms with Crippen LogP contribution in [0.1, 0.15) is 22.3 Å². The number of para-hydroxylation sites is 1. The van der Waals surface area contributed by atoms with Crippen molar-refractivity contribution >= 4 is 27.5 Å². The Morgan fingerprint density at radius 3 is 1.51 bits per heavy atom. The SMILES string of the molecule is [C-]#[N+]c1ccc2c(c1)c1cc(-c3ccc4c(c3)C3(c5cc(-c6cc(-c7cccnc7)cc(-c7cccnc7)c6)ccc5O4)c4ccccc4-c4ccccc43)ccc1n2-c1ccccc1. The molecular weight excluding hydrogens is 793 g/mol. The molecule has 13 rings (SSSR count). The van der Waals surface area contributed by atoms with Crippen LogP contribution in [0.5, 0.6) is 11.5 Å². The van der Waals surface area contributed by atoms with Crippen molar-refractivity contribution < 1.29 is 4.74 Å². The van der Waals surface area contributed by atoms with Crippen molar-refractivity contribution in [3.05, 3.63) is 253 Å². The van der Waals surface area contributed by atoms with E-state index in [1.54, 1.807) is 0 Å². The van der Waals surface area contributed by atoms with Crippen LogP contribution in [-0.2, 0) is 5.41 Å². The maximum absolute atomic E-state index is 7.85. The van der Waals surface area contributed by atoms with E-state index in [1.165, 1.54) is 22.3 Å². The second kappa shape index (κ2) is 14.4. The average Bonchev–Trinajstić information content (AvgIpc) is 3.87. The molecule has 3 aromatic heterocycles. The molecule has 0 atom stereocenters. The Balaban J connectivity index is 1.04. The summed E-state index contributed by atoms with van der Waals surface area (Å²) in [6.07, 6.45) is 7.47. The van der Waals surface area contributed by atoms with Gasteiger partial charge in [-0.2, -0.15) is 0 Å². The Morgan fingerprint density at radius 2 is 0.923 bits per heavy atom. The van der Waals surface area contributed by atoms with Crippen LogP contribution in [-0.4, -0.2) is 14.5 Å². The van der Waals surface area contributed by atoms with Gasteiger partial charge in [-0.05, 0) is 152 Å². The van der Waals surface area contributed by atoms with E-state index >= 15 is 0 Å². The molecule has 0 unspecified atom stereocenters. The Hall–Kier alpha value is -8.85. The summed E-state index contributed by atoms with van der Waals surface area (Å²) >= 11 is 0. The molecule has 0 amide bonds. The zero-order chi connectivity index (χ0) is 43.1. The Kier molecular flexibility index (Phi) is 8.12. The summed E-state index contributed by atoms with van der Waals surface area (Å²) in [7, 11) is 0. The molecule has 65 heavy (non-hydrogen) atoms. The highest BCUT2D eigenvalue weighted by Gasteiger charge is 2.51. The highest BCUT2D eigenvalue weighted by atomic mass is 16.5. The molecule has 1 spiro atoms. The highest BCUT2D eigenvalue weighted by molar-refractivity contribution is 6.11. The fourth-order valence-electron chi connectivity index (χ4n) is 10.6. The molecule has 4 heterocycles. The van der Waals surface area contributed by atoms with Gasteiger partial charge in [0, 0.05) is 58.1 Å². The monoisotopic (exact) mass is 828 g/mol. The van der Waals surface area contributed by atoms with Gasteiger partial charge in [0.15, 0.2) is 5.69 Å². The minimum atomic E-state index is -0.687. The maximum Gasteiger partial charge on any atom is 0.188 e. The standard InChI is InChI=1S/C60H36N4O/c1-61-46-22-24-57-51(35-46)50-32-38(19-23-56(50)64(57)47-13-3-2-4-14-47)39-20-25-58-54(33-39)60(52-17-7-5-15-48(52)49-16-6-8-18-53(49)60)55-34-40(21-26-59(55)65-58)43-29-44(41-11-9-27-62-36-41)31-45(30-43)42-12-10-28-63-37-42/h2-37H. The maximum atomic E-state index is 7.85. The first-order valence-corrected chi connectivity index (χ1v) is 21.8. The molecule has 302 valence electrons. The van der Waals surface area contributed by atoms with Gasteiger partial charge in [0.1, 0.15) is 11.5 Å². The summed E-state index contributed by atoms with van der Waals surface area (Å²) in [6, 6.07) is 69.3. The lowest BCUT2D eigenvalue weighted by atomic mass is 9.65. The van der Waals surface area contributed by atoms with Crippen LogP contribution in [0.15, 0.2) is 219 Å². The third kappa shape index (κ3) is 5.58. The van der Waals surface area contributed by atoms with E-state index in [4.69, 9.17) is 11.3 Å². The summed E-state index contributed by atoms with van der Waals surface area (Å²) in [6.45, 7) is 7.85. The highest BCUT2D eigenvalue weighted by Crippen LogP contribution is 2.63. The molecule has 11 aromatic rings. The van der Waals surface area contributed by atoms with Crippen molar-refractivity contribution in [2.24, 2.45) is 0 Å². The van der Waals surface area contributed by atoms with Crippen LogP contribution in [0.4, 0.5) is 5.69 Å². The zero-order valence-corrected chi connectivity index (χ0v) is 35.0. The third-order valence-corrected chi connectivity index (χ3v) is 13.4. The zero-order valence-electron chi connectivity index (χ0n) is 35.0. The number of aromatic nitrogens is 3. The second-order valence-corrected chi connectivity index (χ2v) is 16.9. The van der Waals surface area contributed by atoms with Gasteiger partial charge < -0.3 is 9.30 Å². The molecule has 5 heteroatoms. The van der Waals surface area contributed by atoms with Crippen molar-refractivity contribution in [3.8, 4) is 72.8 Å². The molecular formula is C60H36N4O. The Bertz CT molecular complexity index is 3650. The van der Waals surface area contributed by atoms with Gasteiger partial charge in [-0.25, -0.2) is 4.85 Å². The summed E-state index contributed by atoms with van der Waals surface area (Å²) in [4.78, 5) is 12.8. The fraction of sp³-hybridized carbons (Fsp3) is 0.0167. The molecule has 5 nitrogen and oxygen atoms in total. The first-order chi connectivity index (χ1) is 32.2. The number of nitrogens with zero attached hydrogens (tertiary/aromatic N) is 4. The van der Waals surface area contributed by atoms with Crippen molar-refractivity contribution in [2.75, 3.05) is 0 Å². The van der Waals surface area contributed by atoms with Crippen LogP contribution in [0.25, 0.3) is 88.0 Å². The first kappa shape index (κ1) is 36.8. The number of hydrogen-bond acceptors (Lipinski definition) is 3. The smallest absolute Gasteiger partial charge is 0.188 e. The number of hydrogen-bond donors (Lipinski definition) is 0. The van der Waals surface area contributed by atoms with Gasteiger partial charge in [-0.3, -0.25) is 9.97 Å². The van der Waals surface area contributed by atoms with Crippen LogP contribution in [0.3, 0.4) is 0 Å².